The molecule has 1 aliphatic heterocycles. The third-order valence-corrected chi connectivity index (χ3v) is 4.61. The molecule has 2 rings (SSSR count). The number of halogens is 2. The van der Waals surface area contributed by atoms with Crippen molar-refractivity contribution < 1.29 is 22.0 Å². The number of rotatable bonds is 4. The summed E-state index contributed by atoms with van der Waals surface area (Å²) in [6.07, 6.45) is -0.147. The number of nitrogens with zero attached hydrogens (tertiary/aromatic N) is 2. The predicted octanol–water partition coefficient (Wildman–Crippen LogP) is 1.85. The van der Waals surface area contributed by atoms with E-state index in [2.05, 4.69) is 0 Å². The summed E-state index contributed by atoms with van der Waals surface area (Å²) in [5.74, 6) is -1.91. The van der Waals surface area contributed by atoms with E-state index in [0.717, 1.165) is 4.90 Å². The van der Waals surface area contributed by atoms with Crippen molar-refractivity contribution in [1.82, 2.24) is 0 Å². The zero-order valence-electron chi connectivity index (χ0n) is 10.5. The summed E-state index contributed by atoms with van der Waals surface area (Å²) in [5.41, 5.74) is -0.136. The molecule has 1 fully saturated rings. The number of amides is 1. The van der Waals surface area contributed by atoms with Crippen LogP contribution in [0.3, 0.4) is 0 Å². The van der Waals surface area contributed by atoms with E-state index in [1.54, 1.807) is 6.07 Å². The zero-order chi connectivity index (χ0) is 15.8. The number of nitro benzene ring substituents is 1. The molecule has 7 nitrogen and oxygen atoms in total. The van der Waals surface area contributed by atoms with Gasteiger partial charge in [-0.3, -0.25) is 14.9 Å². The highest BCUT2D eigenvalue weighted by Gasteiger charge is 2.36. The molecule has 0 saturated carbocycles. The standard InChI is InChI=1S/C11H10FIN2O5S/c12-21(19,20)6-7-3-11(16)14(5-7)9-2-1-8(13)4-10(9)15(17)18/h1-2,4,7H,3,5-6H2. The lowest BCUT2D eigenvalue weighted by Gasteiger charge is -2.16. The van der Waals surface area contributed by atoms with Crippen molar-refractivity contribution in [2.75, 3.05) is 17.2 Å². The van der Waals surface area contributed by atoms with E-state index in [9.17, 15) is 27.2 Å². The molecule has 1 aromatic carbocycles. The molecule has 0 radical (unpaired) electrons. The van der Waals surface area contributed by atoms with Gasteiger partial charge in [0, 0.05) is 28.5 Å². The number of nitro groups is 1. The topological polar surface area (TPSA) is 97.6 Å². The first kappa shape index (κ1) is 16.1. The fraction of sp³-hybridized carbons (Fsp3) is 0.364. The maximum atomic E-state index is 12.7. The Morgan fingerprint density at radius 3 is 2.71 bits per heavy atom. The molecule has 0 spiro atoms. The summed E-state index contributed by atoms with van der Waals surface area (Å²) in [5, 5.41) is 11.1. The zero-order valence-corrected chi connectivity index (χ0v) is 13.5. The van der Waals surface area contributed by atoms with Crippen LogP contribution >= 0.6 is 22.6 Å². The average molecular weight is 428 g/mol. The van der Waals surface area contributed by atoms with Crippen LogP contribution in [-0.4, -0.2) is 31.5 Å². The Hall–Kier alpha value is -1.30. The van der Waals surface area contributed by atoms with Crippen molar-refractivity contribution in [2.45, 2.75) is 6.42 Å². The molecule has 0 aromatic heterocycles. The third kappa shape index (κ3) is 3.87. The molecular weight excluding hydrogens is 418 g/mol. The van der Waals surface area contributed by atoms with Crippen LogP contribution in [0.2, 0.25) is 0 Å². The molecule has 0 bridgehead atoms. The van der Waals surface area contributed by atoms with Crippen molar-refractivity contribution in [3.63, 3.8) is 0 Å². The highest BCUT2D eigenvalue weighted by atomic mass is 127. The maximum Gasteiger partial charge on any atom is 0.302 e. The van der Waals surface area contributed by atoms with Gasteiger partial charge in [0.05, 0.1) is 10.7 Å². The minimum atomic E-state index is -4.68. The first-order valence-corrected chi connectivity index (χ1v) is 8.47. The fourth-order valence-corrected chi connectivity index (χ4v) is 3.54. The van der Waals surface area contributed by atoms with E-state index in [4.69, 9.17) is 0 Å². The van der Waals surface area contributed by atoms with Gasteiger partial charge in [0.1, 0.15) is 5.69 Å². The van der Waals surface area contributed by atoms with E-state index in [0.29, 0.717) is 3.57 Å². The van der Waals surface area contributed by atoms with Gasteiger partial charge in [-0.05, 0) is 34.7 Å². The molecule has 10 heteroatoms. The molecule has 114 valence electrons. The van der Waals surface area contributed by atoms with Crippen LogP contribution in [0, 0.1) is 19.6 Å². The summed E-state index contributed by atoms with van der Waals surface area (Å²) in [6, 6.07) is 4.36. The summed E-state index contributed by atoms with van der Waals surface area (Å²) >= 11 is 1.91. The second kappa shape index (κ2) is 5.83. The molecule has 0 N–H and O–H groups in total. The normalized spacial score (nSPS) is 19.0. The van der Waals surface area contributed by atoms with Crippen molar-refractivity contribution in [3.8, 4) is 0 Å². The van der Waals surface area contributed by atoms with Crippen molar-refractivity contribution in [3.05, 3.63) is 31.9 Å². The van der Waals surface area contributed by atoms with Gasteiger partial charge in [0.15, 0.2) is 0 Å². The number of anilines is 1. The molecule has 21 heavy (non-hydrogen) atoms. The highest BCUT2D eigenvalue weighted by molar-refractivity contribution is 14.1. The highest BCUT2D eigenvalue weighted by Crippen LogP contribution is 2.34. The van der Waals surface area contributed by atoms with Crippen LogP contribution in [0.4, 0.5) is 15.3 Å². The monoisotopic (exact) mass is 428 g/mol. The fourth-order valence-electron chi connectivity index (χ4n) is 2.28. The van der Waals surface area contributed by atoms with E-state index < -0.39 is 32.7 Å². The molecule has 1 atom stereocenters. The smallest absolute Gasteiger partial charge is 0.302 e. The van der Waals surface area contributed by atoms with Gasteiger partial charge in [-0.25, -0.2) is 0 Å². The Balaban J connectivity index is 2.31. The second-order valence-corrected chi connectivity index (χ2v) is 7.33. The summed E-state index contributed by atoms with van der Waals surface area (Å²) in [6.45, 7) is -0.0522. The quantitative estimate of drug-likeness (QED) is 0.316. The number of carbonyl (C=O) groups is 1. The SMILES string of the molecule is O=C1CC(CS(=O)(=O)F)CN1c1ccc(I)cc1[N+](=O)[O-]. The lowest BCUT2D eigenvalue weighted by atomic mass is 10.1. The summed E-state index contributed by atoms with van der Waals surface area (Å²) < 4.78 is 34.6. The Labute approximate surface area is 133 Å². The molecule has 1 unspecified atom stereocenters. The largest absolute Gasteiger partial charge is 0.306 e. The van der Waals surface area contributed by atoms with Crippen molar-refractivity contribution in [1.29, 1.82) is 0 Å². The molecule has 1 amide bonds. The van der Waals surface area contributed by atoms with Crippen LogP contribution < -0.4 is 4.90 Å². The van der Waals surface area contributed by atoms with Crippen LogP contribution in [0.1, 0.15) is 6.42 Å². The number of benzene rings is 1. The lowest BCUT2D eigenvalue weighted by Crippen LogP contribution is -2.26. The van der Waals surface area contributed by atoms with Crippen LogP contribution in [-0.2, 0) is 15.0 Å². The Kier molecular flexibility index (Phi) is 4.46. The predicted molar refractivity (Wildman–Crippen MR) is 81.2 cm³/mol. The van der Waals surface area contributed by atoms with E-state index in [1.807, 2.05) is 22.6 Å². The number of carbonyl (C=O) groups excluding carboxylic acids is 1. The Morgan fingerprint density at radius 2 is 2.14 bits per heavy atom. The molecule has 0 aliphatic carbocycles. The van der Waals surface area contributed by atoms with Gasteiger partial charge < -0.3 is 4.90 Å². The average Bonchev–Trinajstić information content (AvgIpc) is 2.67. The first-order chi connectivity index (χ1) is 9.67. The first-order valence-electron chi connectivity index (χ1n) is 5.84. The van der Waals surface area contributed by atoms with Gasteiger partial charge >= 0.3 is 10.2 Å². The van der Waals surface area contributed by atoms with Gasteiger partial charge in [-0.1, -0.05) is 0 Å². The van der Waals surface area contributed by atoms with Crippen molar-refractivity contribution >= 4 is 50.1 Å². The summed E-state index contributed by atoms with van der Waals surface area (Å²) in [4.78, 5) is 23.5. The second-order valence-electron chi connectivity index (χ2n) is 4.67. The molecule has 1 saturated heterocycles. The summed E-state index contributed by atoms with van der Waals surface area (Å²) in [7, 11) is -4.68. The Morgan fingerprint density at radius 1 is 1.48 bits per heavy atom. The third-order valence-electron chi connectivity index (χ3n) is 3.06. The van der Waals surface area contributed by atoms with Gasteiger partial charge in [0.25, 0.3) is 5.69 Å². The van der Waals surface area contributed by atoms with Crippen LogP contribution in [0.5, 0.6) is 0 Å². The van der Waals surface area contributed by atoms with Gasteiger partial charge in [-0.15, -0.1) is 3.89 Å². The lowest BCUT2D eigenvalue weighted by molar-refractivity contribution is -0.384. The number of hydrogen-bond donors (Lipinski definition) is 0. The molecule has 1 heterocycles. The minimum absolute atomic E-state index is 0.0522. The van der Waals surface area contributed by atoms with Crippen LogP contribution in [0.25, 0.3) is 0 Å². The van der Waals surface area contributed by atoms with E-state index in [-0.39, 0.29) is 24.3 Å². The number of hydrogen-bond acceptors (Lipinski definition) is 5. The van der Waals surface area contributed by atoms with E-state index >= 15 is 0 Å². The molecule has 1 aromatic rings. The van der Waals surface area contributed by atoms with Crippen molar-refractivity contribution in [2.24, 2.45) is 5.92 Å². The van der Waals surface area contributed by atoms with Gasteiger partial charge in [-0.2, -0.15) is 8.42 Å². The van der Waals surface area contributed by atoms with E-state index in [1.165, 1.54) is 12.1 Å². The molecular formula is C11H10FIN2O5S. The maximum absolute atomic E-state index is 12.7. The van der Waals surface area contributed by atoms with Crippen LogP contribution in [0.15, 0.2) is 18.2 Å². The van der Waals surface area contributed by atoms with Gasteiger partial charge in [0.2, 0.25) is 5.91 Å². The Bertz CT molecular complexity index is 709. The molecule has 1 aliphatic rings. The minimum Gasteiger partial charge on any atom is -0.306 e.